The van der Waals surface area contributed by atoms with Gasteiger partial charge in [0.25, 0.3) is 0 Å². The van der Waals surface area contributed by atoms with Gasteiger partial charge >= 0.3 is 5.97 Å². The molecule has 0 bridgehead atoms. The summed E-state index contributed by atoms with van der Waals surface area (Å²) in [6.45, 7) is 3.59. The molecule has 1 aromatic heterocycles. The maximum atomic E-state index is 11.2. The van der Waals surface area contributed by atoms with Gasteiger partial charge in [0.1, 0.15) is 12.4 Å². The molecule has 1 aliphatic heterocycles. The van der Waals surface area contributed by atoms with Crippen LogP contribution in [0.2, 0.25) is 0 Å². The number of nitrogens with zero attached hydrogens (tertiary/aromatic N) is 3. The van der Waals surface area contributed by atoms with E-state index in [9.17, 15) is 9.90 Å². The number of nitrogens with one attached hydrogen (secondary N) is 2. The van der Waals surface area contributed by atoms with Gasteiger partial charge in [0.05, 0.1) is 18.7 Å². The van der Waals surface area contributed by atoms with Crippen LogP contribution in [-0.4, -0.2) is 53.8 Å². The molecule has 8 nitrogen and oxygen atoms in total. The molecule has 3 N–H and O–H groups in total. The number of ether oxygens (including phenoxy) is 1. The van der Waals surface area contributed by atoms with Crippen molar-refractivity contribution in [2.24, 2.45) is 0 Å². The van der Waals surface area contributed by atoms with Crippen LogP contribution in [0.15, 0.2) is 60.9 Å². The molecule has 2 aromatic carbocycles. The van der Waals surface area contributed by atoms with E-state index in [0.717, 1.165) is 54.8 Å². The summed E-state index contributed by atoms with van der Waals surface area (Å²) in [4.78, 5) is 22.7. The number of hydrogen-bond donors (Lipinski definition) is 3. The van der Waals surface area contributed by atoms with E-state index in [2.05, 4.69) is 26.3 Å². The zero-order chi connectivity index (χ0) is 21.5. The predicted molar refractivity (Wildman–Crippen MR) is 122 cm³/mol. The highest BCUT2D eigenvalue weighted by Gasteiger charge is 2.20. The normalized spacial score (nSPS) is 12.7. The number of benzene rings is 2. The largest absolute Gasteiger partial charge is 0.489 e. The molecule has 0 saturated heterocycles. The van der Waals surface area contributed by atoms with E-state index in [-0.39, 0.29) is 6.42 Å². The number of fused-ring (bicyclic) bond motifs is 1. The Morgan fingerprint density at radius 1 is 1.23 bits per heavy atom. The van der Waals surface area contributed by atoms with Crippen molar-refractivity contribution < 1.29 is 14.6 Å². The molecule has 3 aromatic rings. The third kappa shape index (κ3) is 5.28. The smallest absolute Gasteiger partial charge is 0.305 e. The van der Waals surface area contributed by atoms with Gasteiger partial charge in [-0.1, -0.05) is 18.2 Å². The standard InChI is InChI=1S/C23H27N5O3/c29-22(30)9-14-28(18-5-2-1-3-6-18)19-7-8-20-21(17-19)31-16-15-27(20)13-4-10-24-23-25-11-12-26-23/h1-3,5-8,11-12,17H,4,9-10,13-16H2,(H,29,30)(H2,24,25,26). The number of carbonyl (C=O) groups is 1. The average molecular weight is 422 g/mol. The van der Waals surface area contributed by atoms with Gasteiger partial charge < -0.3 is 29.9 Å². The first kappa shape index (κ1) is 20.6. The lowest BCUT2D eigenvalue weighted by atomic mass is 10.1. The maximum Gasteiger partial charge on any atom is 0.305 e. The van der Waals surface area contributed by atoms with Gasteiger partial charge in [-0.25, -0.2) is 4.98 Å². The highest BCUT2D eigenvalue weighted by atomic mass is 16.5. The Morgan fingerprint density at radius 3 is 2.87 bits per heavy atom. The molecule has 0 radical (unpaired) electrons. The number of imidazole rings is 1. The van der Waals surface area contributed by atoms with Crippen LogP contribution in [0, 0.1) is 0 Å². The van der Waals surface area contributed by atoms with E-state index in [4.69, 9.17) is 4.74 Å². The Labute approximate surface area is 181 Å². The molecule has 4 rings (SSSR count). The number of anilines is 4. The van der Waals surface area contributed by atoms with Gasteiger partial charge in [0, 0.05) is 49.5 Å². The number of rotatable bonds is 10. The lowest BCUT2D eigenvalue weighted by Gasteiger charge is -2.33. The topological polar surface area (TPSA) is 93.7 Å². The van der Waals surface area contributed by atoms with Crippen molar-refractivity contribution >= 4 is 29.0 Å². The first-order valence-corrected chi connectivity index (χ1v) is 10.5. The summed E-state index contributed by atoms with van der Waals surface area (Å²) >= 11 is 0. The van der Waals surface area contributed by atoms with Crippen LogP contribution in [0.5, 0.6) is 5.75 Å². The number of aromatic nitrogens is 2. The molecule has 1 aliphatic rings. The van der Waals surface area contributed by atoms with Gasteiger partial charge in [-0.3, -0.25) is 4.79 Å². The Balaban J connectivity index is 1.46. The first-order valence-electron chi connectivity index (χ1n) is 10.5. The van der Waals surface area contributed by atoms with Gasteiger partial charge in [-0.2, -0.15) is 0 Å². The zero-order valence-corrected chi connectivity index (χ0v) is 17.3. The summed E-state index contributed by atoms with van der Waals surface area (Å²) in [6.07, 6.45) is 4.55. The number of carboxylic acid groups (broad SMARTS) is 1. The molecular weight excluding hydrogens is 394 g/mol. The monoisotopic (exact) mass is 421 g/mol. The predicted octanol–water partition coefficient (Wildman–Crippen LogP) is 3.72. The molecule has 2 heterocycles. The SMILES string of the molecule is O=C(O)CCN(c1ccccc1)c1ccc2c(c1)OCCN2CCCNc1ncc[nH]1. The Hall–Kier alpha value is -3.68. The fourth-order valence-corrected chi connectivity index (χ4v) is 3.73. The fourth-order valence-electron chi connectivity index (χ4n) is 3.73. The Bertz CT molecular complexity index is 978. The van der Waals surface area contributed by atoms with Gasteiger partial charge in [-0.05, 0) is 30.7 Å². The summed E-state index contributed by atoms with van der Waals surface area (Å²) in [5.74, 6) is 0.804. The van der Waals surface area contributed by atoms with Crippen LogP contribution in [-0.2, 0) is 4.79 Å². The number of hydrogen-bond acceptors (Lipinski definition) is 6. The molecule has 0 amide bonds. The third-order valence-electron chi connectivity index (χ3n) is 5.23. The summed E-state index contributed by atoms with van der Waals surface area (Å²) < 4.78 is 5.96. The van der Waals surface area contributed by atoms with E-state index in [1.165, 1.54) is 0 Å². The van der Waals surface area contributed by atoms with Gasteiger partial charge in [0.15, 0.2) is 5.95 Å². The Kier molecular flexibility index (Phi) is 6.56. The van der Waals surface area contributed by atoms with Crippen LogP contribution >= 0.6 is 0 Å². The number of carboxylic acids is 1. The summed E-state index contributed by atoms with van der Waals surface area (Å²) in [5.41, 5.74) is 2.95. The van der Waals surface area contributed by atoms with E-state index < -0.39 is 5.97 Å². The number of H-pyrrole nitrogens is 1. The molecule has 0 atom stereocenters. The number of aliphatic carboxylic acids is 1. The molecule has 0 saturated carbocycles. The lowest BCUT2D eigenvalue weighted by Crippen LogP contribution is -2.34. The number of aromatic amines is 1. The first-order chi connectivity index (χ1) is 15.2. The fraction of sp³-hybridized carbons (Fsp3) is 0.304. The van der Waals surface area contributed by atoms with Gasteiger partial charge in [-0.15, -0.1) is 0 Å². The van der Waals surface area contributed by atoms with Crippen molar-refractivity contribution in [3.8, 4) is 5.75 Å². The quantitative estimate of drug-likeness (QED) is 0.430. The van der Waals surface area contributed by atoms with Crippen molar-refractivity contribution in [2.75, 3.05) is 47.9 Å². The van der Waals surface area contributed by atoms with Gasteiger partial charge in [0.2, 0.25) is 0 Å². The zero-order valence-electron chi connectivity index (χ0n) is 17.3. The molecule has 31 heavy (non-hydrogen) atoms. The maximum absolute atomic E-state index is 11.2. The molecular formula is C23H27N5O3. The van der Waals surface area contributed by atoms with E-state index in [1.807, 2.05) is 47.4 Å². The van der Waals surface area contributed by atoms with E-state index >= 15 is 0 Å². The molecule has 0 aliphatic carbocycles. The van der Waals surface area contributed by atoms with Crippen LogP contribution in [0.1, 0.15) is 12.8 Å². The van der Waals surface area contributed by atoms with E-state index in [1.54, 1.807) is 12.4 Å². The molecule has 0 spiro atoms. The minimum absolute atomic E-state index is 0.0572. The second-order valence-corrected chi connectivity index (χ2v) is 7.34. The van der Waals surface area contributed by atoms with Crippen molar-refractivity contribution in [1.29, 1.82) is 0 Å². The van der Waals surface area contributed by atoms with Crippen LogP contribution in [0.25, 0.3) is 0 Å². The molecule has 0 unspecified atom stereocenters. The average Bonchev–Trinajstić information content (AvgIpc) is 3.31. The molecule has 162 valence electrons. The lowest BCUT2D eigenvalue weighted by molar-refractivity contribution is -0.136. The second kappa shape index (κ2) is 9.88. The Morgan fingerprint density at radius 2 is 2.10 bits per heavy atom. The van der Waals surface area contributed by atoms with E-state index in [0.29, 0.717) is 13.2 Å². The summed E-state index contributed by atoms with van der Waals surface area (Å²) in [7, 11) is 0. The van der Waals surface area contributed by atoms with Crippen molar-refractivity contribution in [3.63, 3.8) is 0 Å². The van der Waals surface area contributed by atoms with Crippen LogP contribution in [0.3, 0.4) is 0 Å². The number of para-hydroxylation sites is 1. The van der Waals surface area contributed by atoms with Crippen molar-refractivity contribution in [1.82, 2.24) is 9.97 Å². The highest BCUT2D eigenvalue weighted by Crippen LogP contribution is 2.37. The third-order valence-corrected chi connectivity index (χ3v) is 5.23. The summed E-state index contributed by atoms with van der Waals surface area (Å²) in [6, 6.07) is 16.0. The highest BCUT2D eigenvalue weighted by molar-refractivity contribution is 5.73. The summed E-state index contributed by atoms with van der Waals surface area (Å²) in [5, 5.41) is 12.5. The van der Waals surface area contributed by atoms with Crippen molar-refractivity contribution in [2.45, 2.75) is 12.8 Å². The minimum Gasteiger partial charge on any atom is -0.489 e. The minimum atomic E-state index is -0.815. The molecule has 8 heteroatoms. The van der Waals surface area contributed by atoms with Crippen molar-refractivity contribution in [3.05, 3.63) is 60.9 Å². The molecule has 0 fully saturated rings. The second-order valence-electron chi connectivity index (χ2n) is 7.34. The van der Waals surface area contributed by atoms with Crippen LogP contribution in [0.4, 0.5) is 23.0 Å². The van der Waals surface area contributed by atoms with Crippen LogP contribution < -0.4 is 19.9 Å².